The van der Waals surface area contributed by atoms with E-state index in [1.54, 1.807) is 6.07 Å². The van der Waals surface area contributed by atoms with Gasteiger partial charge in [-0.05, 0) is 24.4 Å². The Kier molecular flexibility index (Phi) is 5.65. The van der Waals surface area contributed by atoms with Gasteiger partial charge in [-0.15, -0.1) is 0 Å². The fourth-order valence-corrected chi connectivity index (χ4v) is 2.08. The van der Waals surface area contributed by atoms with Gasteiger partial charge in [0.05, 0.1) is 16.7 Å². The standard InChI is InChI=1S/C15H11F3N4O2S/c16-15(17,18)11-6-2-1-5-10(11)9-19-21-14(25)20-12-7-3-4-8-13(12)22(23)24/h1-9H,(H2,20,21,25)/b19-9-. The Bertz CT molecular complexity index is 824. The molecule has 0 saturated heterocycles. The van der Waals surface area contributed by atoms with Gasteiger partial charge in [-0.25, -0.2) is 0 Å². The third-order valence-electron chi connectivity index (χ3n) is 2.98. The number of nitro benzene ring substituents is 1. The van der Waals surface area contributed by atoms with Gasteiger partial charge in [0.1, 0.15) is 5.69 Å². The molecule has 0 bridgehead atoms. The van der Waals surface area contributed by atoms with E-state index in [4.69, 9.17) is 12.2 Å². The molecule has 0 amide bonds. The van der Waals surface area contributed by atoms with Crippen LogP contribution in [0.1, 0.15) is 11.1 Å². The van der Waals surface area contributed by atoms with Crippen LogP contribution in [0.2, 0.25) is 0 Å². The molecule has 2 rings (SSSR count). The third-order valence-corrected chi connectivity index (χ3v) is 3.18. The van der Waals surface area contributed by atoms with E-state index in [1.807, 2.05) is 0 Å². The lowest BCUT2D eigenvalue weighted by atomic mass is 10.1. The number of anilines is 1. The van der Waals surface area contributed by atoms with Crippen LogP contribution in [0.3, 0.4) is 0 Å². The lowest BCUT2D eigenvalue weighted by Crippen LogP contribution is -2.24. The summed E-state index contributed by atoms with van der Waals surface area (Å²) in [5.74, 6) is 0. The smallest absolute Gasteiger partial charge is 0.326 e. The summed E-state index contributed by atoms with van der Waals surface area (Å²) in [4.78, 5) is 10.3. The molecule has 10 heteroatoms. The van der Waals surface area contributed by atoms with Gasteiger partial charge in [0.25, 0.3) is 5.69 Å². The van der Waals surface area contributed by atoms with Gasteiger partial charge < -0.3 is 5.32 Å². The zero-order chi connectivity index (χ0) is 18.4. The van der Waals surface area contributed by atoms with Crippen molar-refractivity contribution in [2.24, 2.45) is 5.10 Å². The summed E-state index contributed by atoms with van der Waals surface area (Å²) in [5, 5.41) is 17.0. The van der Waals surface area contributed by atoms with Gasteiger partial charge in [-0.2, -0.15) is 18.3 Å². The Hall–Kier alpha value is -3.01. The van der Waals surface area contributed by atoms with Crippen LogP contribution >= 0.6 is 12.2 Å². The van der Waals surface area contributed by atoms with E-state index in [0.29, 0.717) is 0 Å². The number of hydrogen-bond acceptors (Lipinski definition) is 4. The average molecular weight is 368 g/mol. The predicted octanol–water partition coefficient (Wildman–Crippen LogP) is 3.93. The molecule has 0 aromatic heterocycles. The van der Waals surface area contributed by atoms with Crippen molar-refractivity contribution in [2.45, 2.75) is 6.18 Å². The lowest BCUT2D eigenvalue weighted by Gasteiger charge is -2.10. The maximum atomic E-state index is 12.9. The number of alkyl halides is 3. The predicted molar refractivity (Wildman–Crippen MR) is 91.5 cm³/mol. The molecule has 2 aromatic rings. The van der Waals surface area contributed by atoms with Crippen LogP contribution in [0.5, 0.6) is 0 Å². The van der Waals surface area contributed by atoms with Gasteiger partial charge >= 0.3 is 6.18 Å². The highest BCUT2D eigenvalue weighted by Crippen LogP contribution is 2.31. The molecule has 2 N–H and O–H groups in total. The highest BCUT2D eigenvalue weighted by Gasteiger charge is 2.32. The first-order chi connectivity index (χ1) is 11.8. The SMILES string of the molecule is O=[N+]([O-])c1ccccc1NC(=S)N/N=C\c1ccccc1C(F)(F)F. The molecule has 0 fully saturated rings. The summed E-state index contributed by atoms with van der Waals surface area (Å²) in [5.41, 5.74) is 1.29. The number of benzene rings is 2. The minimum atomic E-state index is -4.51. The van der Waals surface area contributed by atoms with Crippen LogP contribution in [0.25, 0.3) is 0 Å². The number of nitrogens with zero attached hydrogens (tertiary/aromatic N) is 2. The lowest BCUT2D eigenvalue weighted by molar-refractivity contribution is -0.383. The number of nitrogens with one attached hydrogen (secondary N) is 2. The molecule has 0 aliphatic rings. The summed E-state index contributed by atoms with van der Waals surface area (Å²) < 4.78 is 38.6. The van der Waals surface area contributed by atoms with Crippen molar-refractivity contribution in [1.29, 1.82) is 0 Å². The van der Waals surface area contributed by atoms with E-state index in [1.165, 1.54) is 36.4 Å². The third kappa shape index (κ3) is 4.98. The Morgan fingerprint density at radius 2 is 1.80 bits per heavy atom. The monoisotopic (exact) mass is 368 g/mol. The molecule has 0 aliphatic heterocycles. The average Bonchev–Trinajstić information content (AvgIpc) is 2.54. The summed E-state index contributed by atoms with van der Waals surface area (Å²) in [7, 11) is 0. The van der Waals surface area contributed by atoms with Gasteiger partial charge in [0.2, 0.25) is 0 Å². The maximum Gasteiger partial charge on any atom is 0.417 e. The normalized spacial score (nSPS) is 11.3. The molecule has 2 aromatic carbocycles. The minimum Gasteiger partial charge on any atom is -0.326 e. The molecule has 0 aliphatic carbocycles. The maximum absolute atomic E-state index is 12.9. The number of hydrogen-bond donors (Lipinski definition) is 2. The molecule has 0 radical (unpaired) electrons. The van der Waals surface area contributed by atoms with Crippen LogP contribution in [0.15, 0.2) is 53.6 Å². The first-order valence-corrected chi connectivity index (χ1v) is 7.19. The summed E-state index contributed by atoms with van der Waals surface area (Å²) in [6, 6.07) is 10.7. The second kappa shape index (κ2) is 7.71. The Morgan fingerprint density at radius 3 is 2.48 bits per heavy atom. The molecular weight excluding hydrogens is 357 g/mol. The van der Waals surface area contributed by atoms with E-state index in [0.717, 1.165) is 12.3 Å². The number of halogens is 3. The van der Waals surface area contributed by atoms with Crippen LogP contribution in [0, 0.1) is 10.1 Å². The van der Waals surface area contributed by atoms with E-state index in [2.05, 4.69) is 15.8 Å². The van der Waals surface area contributed by atoms with Crippen molar-refractivity contribution in [3.05, 3.63) is 69.8 Å². The van der Waals surface area contributed by atoms with E-state index in [9.17, 15) is 23.3 Å². The van der Waals surface area contributed by atoms with Crippen molar-refractivity contribution in [3.63, 3.8) is 0 Å². The van der Waals surface area contributed by atoms with E-state index < -0.39 is 16.7 Å². The molecule has 0 heterocycles. The number of para-hydroxylation sites is 2. The fraction of sp³-hybridized carbons (Fsp3) is 0.0667. The van der Waals surface area contributed by atoms with Crippen molar-refractivity contribution in [1.82, 2.24) is 5.43 Å². The minimum absolute atomic E-state index is 0.102. The second-order valence-corrected chi connectivity index (χ2v) is 5.09. The Morgan fingerprint density at radius 1 is 1.16 bits per heavy atom. The molecular formula is C15H11F3N4O2S. The zero-order valence-electron chi connectivity index (χ0n) is 12.4. The summed E-state index contributed by atoms with van der Waals surface area (Å²) in [6.45, 7) is 0. The largest absolute Gasteiger partial charge is 0.417 e. The molecule has 25 heavy (non-hydrogen) atoms. The molecule has 0 spiro atoms. The highest BCUT2D eigenvalue weighted by atomic mass is 32.1. The van der Waals surface area contributed by atoms with Crippen LogP contribution in [0.4, 0.5) is 24.5 Å². The summed E-state index contributed by atoms with van der Waals surface area (Å²) in [6.07, 6.45) is -3.54. The summed E-state index contributed by atoms with van der Waals surface area (Å²) >= 11 is 4.92. The van der Waals surface area contributed by atoms with Crippen molar-refractivity contribution >= 4 is 34.9 Å². The van der Waals surface area contributed by atoms with E-state index in [-0.39, 0.29) is 22.1 Å². The van der Waals surface area contributed by atoms with Gasteiger partial charge in [-0.3, -0.25) is 15.5 Å². The van der Waals surface area contributed by atoms with Crippen molar-refractivity contribution < 1.29 is 18.1 Å². The quantitative estimate of drug-likeness (QED) is 0.370. The molecule has 130 valence electrons. The molecule has 0 atom stereocenters. The fourth-order valence-electron chi connectivity index (χ4n) is 1.92. The zero-order valence-corrected chi connectivity index (χ0v) is 13.3. The van der Waals surface area contributed by atoms with Gasteiger partial charge in [-0.1, -0.05) is 30.3 Å². The number of nitro groups is 1. The van der Waals surface area contributed by atoms with Crippen LogP contribution < -0.4 is 10.7 Å². The number of thiocarbonyl (C=S) groups is 1. The Balaban J connectivity index is 2.07. The van der Waals surface area contributed by atoms with E-state index >= 15 is 0 Å². The van der Waals surface area contributed by atoms with Gasteiger partial charge in [0.15, 0.2) is 5.11 Å². The number of rotatable bonds is 4. The van der Waals surface area contributed by atoms with Gasteiger partial charge in [0, 0.05) is 11.6 Å². The topological polar surface area (TPSA) is 79.6 Å². The number of hydrazone groups is 1. The van der Waals surface area contributed by atoms with Crippen LogP contribution in [-0.2, 0) is 6.18 Å². The first kappa shape index (κ1) is 18.3. The first-order valence-electron chi connectivity index (χ1n) is 6.79. The molecule has 0 saturated carbocycles. The van der Waals surface area contributed by atoms with Crippen molar-refractivity contribution in [2.75, 3.05) is 5.32 Å². The second-order valence-electron chi connectivity index (χ2n) is 4.68. The molecule has 0 unspecified atom stereocenters. The van der Waals surface area contributed by atoms with Crippen molar-refractivity contribution in [3.8, 4) is 0 Å². The highest BCUT2D eigenvalue weighted by molar-refractivity contribution is 7.80. The van der Waals surface area contributed by atoms with Crippen LogP contribution in [-0.4, -0.2) is 16.3 Å². The molecule has 6 nitrogen and oxygen atoms in total. The Labute approximate surface area is 145 Å².